The number of carbonyl (C=O) groups is 1. The van der Waals surface area contributed by atoms with E-state index in [-0.39, 0.29) is 24.3 Å². The molecule has 11 heteroatoms. The van der Waals surface area contributed by atoms with Crippen LogP contribution in [-0.2, 0) is 14.3 Å². The van der Waals surface area contributed by atoms with Gasteiger partial charge in [-0.25, -0.2) is 9.79 Å². The van der Waals surface area contributed by atoms with Crippen LogP contribution in [0.5, 0.6) is 11.5 Å². The summed E-state index contributed by atoms with van der Waals surface area (Å²) in [6, 6.07) is 9.72. The number of aromatic nitrogens is 1. The van der Waals surface area contributed by atoms with Crippen molar-refractivity contribution in [2.24, 2.45) is 4.99 Å². The van der Waals surface area contributed by atoms with Gasteiger partial charge in [-0.1, -0.05) is 60.0 Å². The number of hydrogen-bond acceptors (Lipinski definition) is 8. The maximum atomic E-state index is 13.9. The number of hydrogen-bond donors (Lipinski definition) is 0. The van der Waals surface area contributed by atoms with E-state index in [2.05, 4.69) is 11.9 Å². The lowest BCUT2D eigenvalue weighted by molar-refractivity contribution is -0.140. The SMILES string of the molecule is CCCCOc1ccc(C2C(C(=O)OCCOC)=C(C)N=c3sc(=Cc4ccc(Cl)c(Cl)c4)c(=O)n32)cc1OC. The number of carbonyl (C=O) groups excluding carboxylic acids is 1. The molecule has 0 spiro atoms. The Morgan fingerprint density at radius 1 is 1.07 bits per heavy atom. The molecule has 4 rings (SSSR count). The van der Waals surface area contributed by atoms with Gasteiger partial charge < -0.3 is 18.9 Å². The smallest absolute Gasteiger partial charge is 0.338 e. The lowest BCUT2D eigenvalue weighted by Crippen LogP contribution is -2.40. The highest BCUT2D eigenvalue weighted by Gasteiger charge is 2.34. The molecule has 40 heavy (non-hydrogen) atoms. The van der Waals surface area contributed by atoms with Gasteiger partial charge in [0, 0.05) is 7.11 Å². The van der Waals surface area contributed by atoms with Gasteiger partial charge >= 0.3 is 5.97 Å². The van der Waals surface area contributed by atoms with Crippen LogP contribution in [0.15, 0.2) is 57.5 Å². The summed E-state index contributed by atoms with van der Waals surface area (Å²) in [7, 11) is 3.08. The molecule has 1 aromatic heterocycles. The molecule has 0 saturated carbocycles. The van der Waals surface area contributed by atoms with E-state index >= 15 is 0 Å². The number of fused-ring (bicyclic) bond motifs is 1. The normalized spacial score (nSPS) is 15.1. The highest BCUT2D eigenvalue weighted by Crippen LogP contribution is 2.36. The Kier molecular flexibility index (Phi) is 10.1. The van der Waals surface area contributed by atoms with Crippen LogP contribution in [-0.4, -0.2) is 44.6 Å². The number of benzene rings is 2. The fourth-order valence-electron chi connectivity index (χ4n) is 4.25. The van der Waals surface area contributed by atoms with Gasteiger partial charge in [-0.05, 0) is 54.8 Å². The van der Waals surface area contributed by atoms with Crippen LogP contribution in [0, 0.1) is 0 Å². The molecule has 1 aliphatic heterocycles. The second-order valence-corrected chi connectivity index (χ2v) is 10.8. The Morgan fingerprint density at radius 3 is 2.58 bits per heavy atom. The first-order chi connectivity index (χ1) is 19.3. The van der Waals surface area contributed by atoms with E-state index in [4.69, 9.17) is 42.1 Å². The van der Waals surface area contributed by atoms with Crippen LogP contribution in [0.25, 0.3) is 6.08 Å². The molecular weight excluding hydrogens is 575 g/mol. The fourth-order valence-corrected chi connectivity index (χ4v) is 5.60. The molecule has 0 radical (unpaired) electrons. The van der Waals surface area contributed by atoms with Crippen molar-refractivity contribution < 1.29 is 23.7 Å². The predicted octanol–water partition coefficient (Wildman–Crippen LogP) is 4.92. The zero-order valence-corrected chi connectivity index (χ0v) is 25.0. The maximum Gasteiger partial charge on any atom is 0.338 e. The van der Waals surface area contributed by atoms with Crippen molar-refractivity contribution in [3.8, 4) is 11.5 Å². The third-order valence-electron chi connectivity index (χ3n) is 6.26. The van der Waals surface area contributed by atoms with E-state index in [0.717, 1.165) is 12.8 Å². The zero-order chi connectivity index (χ0) is 28.8. The molecule has 0 N–H and O–H groups in total. The summed E-state index contributed by atoms with van der Waals surface area (Å²) >= 11 is 13.5. The number of esters is 1. The summed E-state index contributed by atoms with van der Waals surface area (Å²) in [5.74, 6) is 0.495. The number of allylic oxidation sites excluding steroid dienone is 1. The maximum absolute atomic E-state index is 13.9. The average molecular weight is 606 g/mol. The molecule has 0 fully saturated rings. The van der Waals surface area contributed by atoms with E-state index in [9.17, 15) is 9.59 Å². The minimum Gasteiger partial charge on any atom is -0.493 e. The van der Waals surface area contributed by atoms with Crippen LogP contribution in [0.1, 0.15) is 43.9 Å². The molecule has 8 nitrogen and oxygen atoms in total. The third kappa shape index (κ3) is 6.44. The van der Waals surface area contributed by atoms with E-state index < -0.39 is 12.0 Å². The number of unbranched alkanes of at least 4 members (excludes halogenated alkanes) is 1. The third-order valence-corrected chi connectivity index (χ3v) is 7.98. The molecule has 0 bridgehead atoms. The standard InChI is InChI=1S/C29H30Cl2N2O6S/c1-5-6-11-38-22-10-8-19(16-23(22)37-4)26-25(28(35)39-13-12-36-3)17(2)32-29-33(26)27(34)24(40-29)15-18-7-9-20(30)21(31)14-18/h7-10,14-16,26H,5-6,11-13H2,1-4H3. The number of ether oxygens (including phenoxy) is 4. The van der Waals surface area contributed by atoms with Gasteiger partial charge in [0.05, 0.1) is 52.2 Å². The van der Waals surface area contributed by atoms with Gasteiger partial charge in [0.1, 0.15) is 6.61 Å². The number of rotatable bonds is 11. The molecule has 212 valence electrons. The topological polar surface area (TPSA) is 88.4 Å². The molecule has 0 saturated heterocycles. The van der Waals surface area contributed by atoms with Crippen LogP contribution in [0.4, 0.5) is 0 Å². The Morgan fingerprint density at radius 2 is 1.88 bits per heavy atom. The van der Waals surface area contributed by atoms with Gasteiger partial charge in [0.2, 0.25) is 0 Å². The molecule has 2 aromatic carbocycles. The molecule has 1 atom stereocenters. The van der Waals surface area contributed by atoms with Crippen molar-refractivity contribution >= 4 is 46.6 Å². The van der Waals surface area contributed by atoms with E-state index in [1.807, 2.05) is 6.07 Å². The minimum absolute atomic E-state index is 0.0636. The lowest BCUT2D eigenvalue weighted by Gasteiger charge is -2.25. The Labute approximate surface area is 246 Å². The highest BCUT2D eigenvalue weighted by atomic mass is 35.5. The second-order valence-electron chi connectivity index (χ2n) is 9.00. The van der Waals surface area contributed by atoms with Crippen LogP contribution in [0.3, 0.4) is 0 Å². The van der Waals surface area contributed by atoms with Gasteiger partial charge in [-0.15, -0.1) is 0 Å². The van der Waals surface area contributed by atoms with Gasteiger partial charge in [-0.3, -0.25) is 9.36 Å². The van der Waals surface area contributed by atoms with Gasteiger partial charge in [0.25, 0.3) is 5.56 Å². The number of halogens is 2. The summed E-state index contributed by atoms with van der Waals surface area (Å²) in [5.41, 5.74) is 1.76. The van der Waals surface area contributed by atoms with Gasteiger partial charge in [-0.2, -0.15) is 0 Å². The second kappa shape index (κ2) is 13.5. The Balaban J connectivity index is 1.87. The van der Waals surface area contributed by atoms with Crippen LogP contribution < -0.4 is 24.4 Å². The predicted molar refractivity (Wildman–Crippen MR) is 156 cm³/mol. The fraction of sp³-hybridized carbons (Fsp3) is 0.345. The van der Waals surface area contributed by atoms with E-state index in [0.29, 0.717) is 54.3 Å². The molecule has 1 unspecified atom stereocenters. The Hall–Kier alpha value is -3.11. The van der Waals surface area contributed by atoms with Crippen molar-refractivity contribution in [1.82, 2.24) is 4.57 Å². The van der Waals surface area contributed by atoms with E-state index in [1.54, 1.807) is 50.4 Å². The summed E-state index contributed by atoms with van der Waals surface area (Å²) < 4.78 is 24.0. The summed E-state index contributed by atoms with van der Waals surface area (Å²) in [6.45, 7) is 4.67. The van der Waals surface area contributed by atoms with Crippen molar-refractivity contribution in [1.29, 1.82) is 0 Å². The molecule has 1 aliphatic rings. The zero-order valence-electron chi connectivity index (χ0n) is 22.7. The summed E-state index contributed by atoms with van der Waals surface area (Å²) in [6.07, 6.45) is 3.63. The van der Waals surface area contributed by atoms with Crippen molar-refractivity contribution in [3.05, 3.63) is 88.5 Å². The first-order valence-electron chi connectivity index (χ1n) is 12.7. The van der Waals surface area contributed by atoms with Gasteiger partial charge in [0.15, 0.2) is 16.3 Å². The summed E-state index contributed by atoms with van der Waals surface area (Å²) in [4.78, 5) is 32.3. The quantitative estimate of drug-likeness (QED) is 0.228. The van der Waals surface area contributed by atoms with Crippen molar-refractivity contribution in [2.45, 2.75) is 32.7 Å². The number of nitrogens with zero attached hydrogens (tertiary/aromatic N) is 2. The first kappa shape index (κ1) is 29.9. The first-order valence-corrected chi connectivity index (χ1v) is 14.3. The number of methoxy groups -OCH3 is 2. The van der Waals surface area contributed by atoms with Crippen molar-refractivity contribution in [2.75, 3.05) is 34.0 Å². The minimum atomic E-state index is -0.805. The summed E-state index contributed by atoms with van der Waals surface area (Å²) in [5, 5.41) is 0.801. The van der Waals surface area contributed by atoms with Crippen LogP contribution in [0.2, 0.25) is 10.0 Å². The molecule has 0 amide bonds. The number of thiazole rings is 1. The average Bonchev–Trinajstić information content (AvgIpc) is 3.24. The largest absolute Gasteiger partial charge is 0.493 e. The monoisotopic (exact) mass is 604 g/mol. The van der Waals surface area contributed by atoms with Crippen molar-refractivity contribution in [3.63, 3.8) is 0 Å². The molecule has 0 aliphatic carbocycles. The molecule has 2 heterocycles. The molecule has 3 aromatic rings. The highest BCUT2D eigenvalue weighted by molar-refractivity contribution is 7.07. The Bertz CT molecular complexity index is 1610. The molecular formula is C29H30Cl2N2O6S. The van der Waals surface area contributed by atoms with Crippen LogP contribution >= 0.6 is 34.5 Å². The van der Waals surface area contributed by atoms with E-state index in [1.165, 1.54) is 23.0 Å². The lowest BCUT2D eigenvalue weighted by atomic mass is 9.95.